The molecule has 6 heteroatoms. The van der Waals surface area contributed by atoms with Crippen LogP contribution in [0.3, 0.4) is 0 Å². The minimum Gasteiger partial charge on any atom is -0.454 e. The topological polar surface area (TPSA) is 84.5 Å². The van der Waals surface area contributed by atoms with E-state index in [1.807, 2.05) is 38.1 Å². The van der Waals surface area contributed by atoms with E-state index in [1.165, 1.54) is 5.56 Å². The fraction of sp³-hybridized carbons (Fsp3) is 0.375. The van der Waals surface area contributed by atoms with Crippen LogP contribution in [-0.2, 0) is 20.7 Å². The smallest absolute Gasteiger partial charge is 0.329 e. The summed E-state index contributed by atoms with van der Waals surface area (Å²) < 4.78 is 5.23. The molecule has 0 fully saturated rings. The first-order valence-electron chi connectivity index (χ1n) is 10.4. The van der Waals surface area contributed by atoms with Gasteiger partial charge in [-0.25, -0.2) is 4.79 Å². The molecule has 2 amide bonds. The molecule has 6 nitrogen and oxygen atoms in total. The van der Waals surface area contributed by atoms with Crippen molar-refractivity contribution in [1.29, 1.82) is 0 Å². The van der Waals surface area contributed by atoms with E-state index in [9.17, 15) is 14.4 Å². The summed E-state index contributed by atoms with van der Waals surface area (Å²) in [5.41, 5.74) is 2.83. The van der Waals surface area contributed by atoms with E-state index in [0.29, 0.717) is 5.56 Å². The van der Waals surface area contributed by atoms with Gasteiger partial charge < -0.3 is 15.4 Å². The average molecular weight is 408 g/mol. The van der Waals surface area contributed by atoms with E-state index in [2.05, 4.69) is 16.7 Å². The molecular weight excluding hydrogens is 380 g/mol. The second-order valence-corrected chi connectivity index (χ2v) is 7.88. The third-order valence-corrected chi connectivity index (χ3v) is 5.29. The van der Waals surface area contributed by atoms with Crippen LogP contribution >= 0.6 is 0 Å². The molecule has 1 aliphatic carbocycles. The molecule has 158 valence electrons. The van der Waals surface area contributed by atoms with Gasteiger partial charge in [-0.1, -0.05) is 56.3 Å². The van der Waals surface area contributed by atoms with Crippen molar-refractivity contribution in [2.75, 3.05) is 6.61 Å². The molecule has 0 radical (unpaired) electrons. The fourth-order valence-electron chi connectivity index (χ4n) is 3.68. The summed E-state index contributed by atoms with van der Waals surface area (Å²) in [7, 11) is 0. The van der Waals surface area contributed by atoms with Crippen LogP contribution in [0.15, 0.2) is 54.6 Å². The zero-order valence-electron chi connectivity index (χ0n) is 17.4. The van der Waals surface area contributed by atoms with Crippen LogP contribution in [0.5, 0.6) is 0 Å². The molecule has 0 heterocycles. The van der Waals surface area contributed by atoms with Gasteiger partial charge in [-0.2, -0.15) is 0 Å². The Hall–Kier alpha value is -3.15. The molecule has 3 rings (SSSR count). The number of hydrogen-bond donors (Lipinski definition) is 2. The molecule has 2 aromatic rings. The Labute approximate surface area is 177 Å². The Bertz CT molecular complexity index is 895. The van der Waals surface area contributed by atoms with Crippen molar-refractivity contribution in [3.63, 3.8) is 0 Å². The molecule has 1 aliphatic rings. The highest BCUT2D eigenvalue weighted by atomic mass is 16.5. The summed E-state index contributed by atoms with van der Waals surface area (Å²) in [6.07, 6.45) is 2.87. The number of rotatable bonds is 7. The van der Waals surface area contributed by atoms with Crippen LogP contribution in [0.2, 0.25) is 0 Å². The summed E-state index contributed by atoms with van der Waals surface area (Å²) in [4.78, 5) is 37.3. The third-order valence-electron chi connectivity index (χ3n) is 5.29. The van der Waals surface area contributed by atoms with Crippen molar-refractivity contribution in [1.82, 2.24) is 10.6 Å². The minimum absolute atomic E-state index is 0.0696. The van der Waals surface area contributed by atoms with Crippen molar-refractivity contribution >= 4 is 17.8 Å². The number of nitrogens with one attached hydrogen (secondary N) is 2. The van der Waals surface area contributed by atoms with Crippen molar-refractivity contribution in [3.05, 3.63) is 71.3 Å². The van der Waals surface area contributed by atoms with Gasteiger partial charge in [0, 0.05) is 5.56 Å². The van der Waals surface area contributed by atoms with E-state index >= 15 is 0 Å². The lowest BCUT2D eigenvalue weighted by Gasteiger charge is -2.26. The first-order valence-corrected chi connectivity index (χ1v) is 10.4. The Morgan fingerprint density at radius 1 is 1.03 bits per heavy atom. The Morgan fingerprint density at radius 2 is 1.73 bits per heavy atom. The molecule has 0 aromatic heterocycles. The molecular formula is C24H28N2O4. The van der Waals surface area contributed by atoms with Crippen LogP contribution < -0.4 is 10.6 Å². The van der Waals surface area contributed by atoms with Gasteiger partial charge in [0.1, 0.15) is 6.04 Å². The number of ether oxygens (including phenoxy) is 1. The maximum atomic E-state index is 12.5. The van der Waals surface area contributed by atoms with Gasteiger partial charge in [0.05, 0.1) is 6.04 Å². The van der Waals surface area contributed by atoms with E-state index in [1.54, 1.807) is 24.3 Å². The molecule has 1 unspecified atom stereocenters. The lowest BCUT2D eigenvalue weighted by molar-refractivity contribution is -0.151. The highest BCUT2D eigenvalue weighted by Crippen LogP contribution is 2.29. The predicted molar refractivity (Wildman–Crippen MR) is 114 cm³/mol. The van der Waals surface area contributed by atoms with Crippen molar-refractivity contribution in [2.45, 2.75) is 45.2 Å². The van der Waals surface area contributed by atoms with Crippen LogP contribution in [0.1, 0.15) is 54.2 Å². The number of aryl methyl sites for hydroxylation is 1. The number of hydrogen-bond acceptors (Lipinski definition) is 4. The quantitative estimate of drug-likeness (QED) is 0.689. The van der Waals surface area contributed by atoms with Crippen LogP contribution in [0, 0.1) is 5.92 Å². The van der Waals surface area contributed by atoms with E-state index in [-0.39, 0.29) is 30.4 Å². The van der Waals surface area contributed by atoms with Gasteiger partial charge in [0.15, 0.2) is 6.61 Å². The number of fused-ring (bicyclic) bond motifs is 1. The van der Waals surface area contributed by atoms with Gasteiger partial charge in [-0.05, 0) is 48.4 Å². The van der Waals surface area contributed by atoms with E-state index < -0.39 is 12.0 Å². The van der Waals surface area contributed by atoms with Gasteiger partial charge in [-0.15, -0.1) is 0 Å². The van der Waals surface area contributed by atoms with Crippen molar-refractivity contribution in [3.8, 4) is 0 Å². The molecule has 30 heavy (non-hydrogen) atoms. The van der Waals surface area contributed by atoms with E-state index in [0.717, 1.165) is 24.8 Å². The third kappa shape index (κ3) is 5.47. The zero-order chi connectivity index (χ0) is 21.5. The number of esters is 1. The van der Waals surface area contributed by atoms with Gasteiger partial charge in [-0.3, -0.25) is 9.59 Å². The van der Waals surface area contributed by atoms with Crippen LogP contribution in [0.4, 0.5) is 0 Å². The second kappa shape index (κ2) is 10.1. The lowest BCUT2D eigenvalue weighted by atomic mass is 9.88. The second-order valence-electron chi connectivity index (χ2n) is 7.88. The molecule has 0 spiro atoms. The van der Waals surface area contributed by atoms with Gasteiger partial charge in [0.25, 0.3) is 11.8 Å². The molecule has 0 saturated heterocycles. The van der Waals surface area contributed by atoms with E-state index in [4.69, 9.17) is 4.74 Å². The Balaban J connectivity index is 1.54. The maximum absolute atomic E-state index is 12.5. The number of benzene rings is 2. The molecule has 0 aliphatic heterocycles. The molecule has 0 saturated carbocycles. The summed E-state index contributed by atoms with van der Waals surface area (Å²) in [5.74, 6) is -1.50. The summed E-state index contributed by atoms with van der Waals surface area (Å²) in [5, 5.41) is 5.67. The zero-order valence-corrected chi connectivity index (χ0v) is 17.4. The normalized spacial score (nSPS) is 16.3. The van der Waals surface area contributed by atoms with Gasteiger partial charge >= 0.3 is 5.97 Å². The SMILES string of the molecule is CC(C)[C@H](NC(=O)c1ccccc1)C(=O)OCC(=O)NC1CCCc2ccccc21. The summed E-state index contributed by atoms with van der Waals surface area (Å²) >= 11 is 0. The van der Waals surface area contributed by atoms with Gasteiger partial charge in [0.2, 0.25) is 0 Å². The highest BCUT2D eigenvalue weighted by Gasteiger charge is 2.27. The first-order chi connectivity index (χ1) is 14.5. The molecule has 2 N–H and O–H groups in total. The standard InChI is InChI=1S/C24H28N2O4/c1-16(2)22(26-23(28)18-10-4-3-5-11-18)24(29)30-15-21(27)25-20-14-8-12-17-9-6-7-13-19(17)20/h3-7,9-11,13,16,20,22H,8,12,14-15H2,1-2H3,(H,25,27)(H,26,28)/t20?,22-/m0/s1. The predicted octanol–water partition coefficient (Wildman–Crippen LogP) is 3.18. The number of carbonyl (C=O) groups is 3. The lowest BCUT2D eigenvalue weighted by Crippen LogP contribution is -2.46. The number of carbonyl (C=O) groups excluding carboxylic acids is 3. The fourth-order valence-corrected chi connectivity index (χ4v) is 3.68. The average Bonchev–Trinajstić information content (AvgIpc) is 2.76. The molecule has 0 bridgehead atoms. The highest BCUT2D eigenvalue weighted by molar-refractivity contribution is 5.97. The Morgan fingerprint density at radius 3 is 2.47 bits per heavy atom. The number of amides is 2. The largest absolute Gasteiger partial charge is 0.454 e. The summed E-state index contributed by atoms with van der Waals surface area (Å²) in [6.45, 7) is 3.26. The van der Waals surface area contributed by atoms with Crippen molar-refractivity contribution in [2.24, 2.45) is 5.92 Å². The summed E-state index contributed by atoms with van der Waals surface area (Å²) in [6, 6.07) is 15.8. The monoisotopic (exact) mass is 408 g/mol. The first kappa shape index (κ1) is 21.6. The molecule has 2 atom stereocenters. The van der Waals surface area contributed by atoms with Crippen LogP contribution in [0.25, 0.3) is 0 Å². The minimum atomic E-state index is -0.832. The maximum Gasteiger partial charge on any atom is 0.329 e. The molecule has 2 aromatic carbocycles. The Kier molecular flexibility index (Phi) is 7.22. The van der Waals surface area contributed by atoms with Crippen LogP contribution in [-0.4, -0.2) is 30.4 Å². The van der Waals surface area contributed by atoms with Crippen molar-refractivity contribution < 1.29 is 19.1 Å².